The van der Waals surface area contributed by atoms with Crippen LogP contribution in [0.25, 0.3) is 0 Å². The van der Waals surface area contributed by atoms with Gasteiger partial charge >= 0.3 is 0 Å². The molecule has 0 amide bonds. The Morgan fingerprint density at radius 1 is 1.25 bits per heavy atom. The summed E-state index contributed by atoms with van der Waals surface area (Å²) in [6, 6.07) is 8.47. The number of rotatable bonds is 2. The fraction of sp³-hybridized carbons (Fsp3) is 0.467. The van der Waals surface area contributed by atoms with Crippen molar-refractivity contribution in [1.82, 2.24) is 10.1 Å². The Labute approximate surface area is 121 Å². The Balaban J connectivity index is 1.63. The maximum absolute atomic E-state index is 9.93. The second-order valence-electron chi connectivity index (χ2n) is 5.49. The molecule has 4 rings (SSSR count). The minimum atomic E-state index is -0.357. The number of aliphatic hydroxyl groups is 1. The van der Waals surface area contributed by atoms with Crippen molar-refractivity contribution < 1.29 is 9.63 Å². The second kappa shape index (κ2) is 4.90. The van der Waals surface area contributed by atoms with Crippen molar-refractivity contribution in [2.75, 3.05) is 11.5 Å². The highest BCUT2D eigenvalue weighted by molar-refractivity contribution is 7.99. The molecule has 1 saturated heterocycles. The smallest absolute Gasteiger partial charge is 0.233 e. The molecule has 2 aliphatic rings. The molecule has 1 N–H and O–H groups in total. The van der Waals surface area contributed by atoms with Crippen molar-refractivity contribution in [2.24, 2.45) is 0 Å². The van der Waals surface area contributed by atoms with Crippen LogP contribution in [-0.4, -0.2) is 32.9 Å². The van der Waals surface area contributed by atoms with Gasteiger partial charge in [0.05, 0.1) is 12.0 Å². The van der Waals surface area contributed by atoms with Crippen molar-refractivity contribution in [1.29, 1.82) is 0 Å². The van der Waals surface area contributed by atoms with Gasteiger partial charge in [-0.25, -0.2) is 0 Å². The number of hydrogen-bond acceptors (Lipinski definition) is 5. The van der Waals surface area contributed by atoms with Gasteiger partial charge in [0.2, 0.25) is 5.89 Å². The van der Waals surface area contributed by atoms with E-state index in [1.807, 2.05) is 0 Å². The van der Waals surface area contributed by atoms with E-state index in [2.05, 4.69) is 34.4 Å². The van der Waals surface area contributed by atoms with E-state index < -0.39 is 0 Å². The van der Waals surface area contributed by atoms with Gasteiger partial charge < -0.3 is 9.63 Å². The van der Waals surface area contributed by atoms with Crippen LogP contribution in [0, 0.1) is 0 Å². The number of aliphatic hydroxyl groups excluding tert-OH is 1. The lowest BCUT2D eigenvalue weighted by atomic mass is 10.0. The number of hydrogen-bond donors (Lipinski definition) is 1. The second-order valence-corrected chi connectivity index (χ2v) is 6.57. The van der Waals surface area contributed by atoms with Gasteiger partial charge in [-0.3, -0.25) is 0 Å². The maximum atomic E-state index is 9.93. The van der Waals surface area contributed by atoms with Gasteiger partial charge in [0.1, 0.15) is 0 Å². The summed E-state index contributed by atoms with van der Waals surface area (Å²) < 4.78 is 5.41. The normalized spacial score (nSPS) is 28.8. The average molecular weight is 288 g/mol. The van der Waals surface area contributed by atoms with Gasteiger partial charge in [-0.15, -0.1) is 0 Å². The summed E-state index contributed by atoms with van der Waals surface area (Å²) in [5.74, 6) is 3.24. The third kappa shape index (κ3) is 1.96. The zero-order chi connectivity index (χ0) is 13.5. The quantitative estimate of drug-likeness (QED) is 0.919. The molecule has 0 radical (unpaired) electrons. The summed E-state index contributed by atoms with van der Waals surface area (Å²) in [6.45, 7) is 0. The minimum Gasteiger partial charge on any atom is -0.391 e. The number of thioether (sulfide) groups is 1. The molecule has 20 heavy (non-hydrogen) atoms. The zero-order valence-electron chi connectivity index (χ0n) is 11.0. The molecular formula is C15H16N2O2S. The molecule has 1 aliphatic carbocycles. The first-order chi connectivity index (χ1) is 9.83. The van der Waals surface area contributed by atoms with Gasteiger partial charge in [0.25, 0.3) is 0 Å². The van der Waals surface area contributed by atoms with Crippen molar-refractivity contribution in [3.63, 3.8) is 0 Å². The van der Waals surface area contributed by atoms with E-state index in [1.54, 1.807) is 11.8 Å². The van der Waals surface area contributed by atoms with Crippen LogP contribution >= 0.6 is 11.8 Å². The van der Waals surface area contributed by atoms with Crippen LogP contribution in [0.3, 0.4) is 0 Å². The highest BCUT2D eigenvalue weighted by atomic mass is 32.2. The summed E-state index contributed by atoms with van der Waals surface area (Å²) in [5.41, 5.74) is 2.71. The topological polar surface area (TPSA) is 59.2 Å². The van der Waals surface area contributed by atoms with Crippen LogP contribution in [0.2, 0.25) is 0 Å². The molecule has 1 fully saturated rings. The largest absolute Gasteiger partial charge is 0.391 e. The molecule has 2 heterocycles. The summed E-state index contributed by atoms with van der Waals surface area (Å²) in [5, 5.41) is 14.1. The Morgan fingerprint density at radius 3 is 3.00 bits per heavy atom. The fourth-order valence-corrected chi connectivity index (χ4v) is 4.37. The first-order valence-corrected chi connectivity index (χ1v) is 8.15. The predicted molar refractivity (Wildman–Crippen MR) is 77.0 cm³/mol. The summed E-state index contributed by atoms with van der Waals surface area (Å²) in [6.07, 6.45) is 1.76. The Morgan fingerprint density at radius 2 is 2.15 bits per heavy atom. The minimum absolute atomic E-state index is 0.00195. The highest BCUT2D eigenvalue weighted by Crippen LogP contribution is 2.38. The Bertz CT molecular complexity index is 628. The predicted octanol–water partition coefficient (Wildman–Crippen LogP) is 2.34. The van der Waals surface area contributed by atoms with Crippen molar-refractivity contribution >= 4 is 11.8 Å². The first kappa shape index (κ1) is 12.4. The molecule has 4 nitrogen and oxygen atoms in total. The molecule has 1 aromatic heterocycles. The van der Waals surface area contributed by atoms with Gasteiger partial charge in [-0.1, -0.05) is 29.4 Å². The van der Waals surface area contributed by atoms with Crippen LogP contribution in [-0.2, 0) is 6.42 Å². The van der Waals surface area contributed by atoms with E-state index in [1.165, 1.54) is 11.1 Å². The van der Waals surface area contributed by atoms with E-state index in [-0.39, 0.29) is 17.9 Å². The molecule has 104 valence electrons. The van der Waals surface area contributed by atoms with Crippen molar-refractivity contribution in [3.05, 3.63) is 47.1 Å². The zero-order valence-corrected chi connectivity index (χ0v) is 11.8. The number of aromatic nitrogens is 2. The lowest BCUT2D eigenvalue weighted by molar-refractivity contribution is 0.164. The van der Waals surface area contributed by atoms with Crippen LogP contribution in [0.1, 0.15) is 41.1 Å². The van der Waals surface area contributed by atoms with E-state index in [0.29, 0.717) is 5.89 Å². The SMILES string of the molecule is OC1CSCC1c1nc(C2CCc3ccccc32)no1. The van der Waals surface area contributed by atoms with E-state index in [9.17, 15) is 5.11 Å². The number of benzene rings is 1. The van der Waals surface area contributed by atoms with Gasteiger partial charge in [-0.2, -0.15) is 16.7 Å². The van der Waals surface area contributed by atoms with Crippen LogP contribution in [0.5, 0.6) is 0 Å². The van der Waals surface area contributed by atoms with E-state index >= 15 is 0 Å². The molecule has 0 spiro atoms. The van der Waals surface area contributed by atoms with Gasteiger partial charge in [-0.05, 0) is 24.0 Å². The first-order valence-electron chi connectivity index (χ1n) is 7.00. The third-order valence-corrected chi connectivity index (χ3v) is 5.44. The lowest BCUT2D eigenvalue weighted by Gasteiger charge is -2.07. The molecule has 0 saturated carbocycles. The Hall–Kier alpha value is -1.33. The molecule has 1 aromatic carbocycles. The van der Waals surface area contributed by atoms with Crippen LogP contribution in [0.15, 0.2) is 28.8 Å². The lowest BCUT2D eigenvalue weighted by Crippen LogP contribution is -2.16. The van der Waals surface area contributed by atoms with Crippen LogP contribution < -0.4 is 0 Å². The van der Waals surface area contributed by atoms with Crippen LogP contribution in [0.4, 0.5) is 0 Å². The summed E-state index contributed by atoms with van der Waals surface area (Å²) in [7, 11) is 0. The summed E-state index contributed by atoms with van der Waals surface area (Å²) in [4.78, 5) is 4.57. The molecular weight excluding hydrogens is 272 g/mol. The third-order valence-electron chi connectivity index (χ3n) is 4.27. The van der Waals surface area contributed by atoms with Crippen molar-refractivity contribution in [2.45, 2.75) is 30.8 Å². The van der Waals surface area contributed by atoms with Crippen molar-refractivity contribution in [3.8, 4) is 0 Å². The molecule has 0 bridgehead atoms. The Kier molecular flexibility index (Phi) is 3.04. The van der Waals surface area contributed by atoms with E-state index in [4.69, 9.17) is 4.52 Å². The van der Waals surface area contributed by atoms with Gasteiger partial charge in [0.15, 0.2) is 5.82 Å². The fourth-order valence-electron chi connectivity index (χ4n) is 3.14. The molecule has 1 aliphatic heterocycles. The van der Waals surface area contributed by atoms with E-state index in [0.717, 1.165) is 30.2 Å². The van der Waals surface area contributed by atoms with Gasteiger partial charge in [0, 0.05) is 17.4 Å². The molecule has 5 heteroatoms. The maximum Gasteiger partial charge on any atom is 0.233 e. The molecule has 3 unspecified atom stereocenters. The molecule has 3 atom stereocenters. The monoisotopic (exact) mass is 288 g/mol. The molecule has 2 aromatic rings. The number of fused-ring (bicyclic) bond motifs is 1. The summed E-state index contributed by atoms with van der Waals surface area (Å²) >= 11 is 1.74. The number of nitrogens with zero attached hydrogens (tertiary/aromatic N) is 2. The average Bonchev–Trinajstić information content (AvgIpc) is 3.15. The highest BCUT2D eigenvalue weighted by Gasteiger charge is 2.34. The standard InChI is InChI=1S/C15H16N2O2S/c18-13-8-20-7-12(13)15-16-14(17-19-15)11-6-5-9-3-1-2-4-10(9)11/h1-4,11-13,18H,5-8H2. The number of aryl methyl sites for hydroxylation is 1.